The zero-order valence-corrected chi connectivity index (χ0v) is 8.27. The number of rotatable bonds is 2. The first-order valence-electron chi connectivity index (χ1n) is 5.15. The van der Waals surface area contributed by atoms with Gasteiger partial charge in [0.25, 0.3) is 0 Å². The SMILES string of the molecule is OCC1CC(O)C2C(O)C(O)C(CO)N12. The molecule has 2 heterocycles. The van der Waals surface area contributed by atoms with E-state index in [1.807, 2.05) is 0 Å². The molecular weight excluding hydrogens is 202 g/mol. The summed E-state index contributed by atoms with van der Waals surface area (Å²) in [5.74, 6) is 0. The molecule has 6 unspecified atom stereocenters. The summed E-state index contributed by atoms with van der Waals surface area (Å²) < 4.78 is 0. The zero-order valence-electron chi connectivity index (χ0n) is 8.27. The van der Waals surface area contributed by atoms with Crippen LogP contribution in [0.1, 0.15) is 6.42 Å². The van der Waals surface area contributed by atoms with E-state index in [4.69, 9.17) is 10.2 Å². The normalized spacial score (nSPS) is 51.0. The van der Waals surface area contributed by atoms with Crippen molar-refractivity contribution in [2.75, 3.05) is 13.2 Å². The largest absolute Gasteiger partial charge is 0.395 e. The fourth-order valence-electron chi connectivity index (χ4n) is 2.85. The molecule has 0 bridgehead atoms. The average Bonchev–Trinajstić information content (AvgIpc) is 2.67. The summed E-state index contributed by atoms with van der Waals surface area (Å²) in [6, 6.07) is -1.47. The van der Waals surface area contributed by atoms with Crippen molar-refractivity contribution < 1.29 is 25.5 Å². The lowest BCUT2D eigenvalue weighted by Crippen LogP contribution is -2.45. The van der Waals surface area contributed by atoms with Gasteiger partial charge in [-0.2, -0.15) is 0 Å². The highest BCUT2D eigenvalue weighted by Gasteiger charge is 2.56. The number of aliphatic hydroxyl groups is 5. The zero-order chi connectivity index (χ0) is 11.2. The standard InChI is InChI=1S/C9H17NO5/c11-2-4-1-6(13)7-9(15)8(14)5(3-12)10(4)7/h4-9,11-15H,1-3H2. The van der Waals surface area contributed by atoms with Crippen LogP contribution in [0, 0.1) is 0 Å². The molecular formula is C9H17NO5. The van der Waals surface area contributed by atoms with Gasteiger partial charge in [-0.15, -0.1) is 0 Å². The van der Waals surface area contributed by atoms with Crippen molar-refractivity contribution in [1.29, 1.82) is 0 Å². The maximum absolute atomic E-state index is 9.71. The molecule has 0 aromatic rings. The van der Waals surface area contributed by atoms with E-state index >= 15 is 0 Å². The van der Waals surface area contributed by atoms with Crippen molar-refractivity contribution in [2.45, 2.75) is 42.9 Å². The molecule has 2 aliphatic rings. The van der Waals surface area contributed by atoms with Crippen LogP contribution < -0.4 is 0 Å². The fourth-order valence-corrected chi connectivity index (χ4v) is 2.85. The van der Waals surface area contributed by atoms with Crippen LogP contribution >= 0.6 is 0 Å². The maximum Gasteiger partial charge on any atom is 0.0995 e. The molecule has 0 saturated carbocycles. The molecule has 2 rings (SSSR count). The second kappa shape index (κ2) is 3.97. The lowest BCUT2D eigenvalue weighted by atomic mass is 10.0. The Bertz CT molecular complexity index is 239. The number of nitrogens with zero attached hydrogens (tertiary/aromatic N) is 1. The Morgan fingerprint density at radius 1 is 1.00 bits per heavy atom. The van der Waals surface area contributed by atoms with Gasteiger partial charge in [0, 0.05) is 6.04 Å². The minimum absolute atomic E-state index is 0.149. The molecule has 2 fully saturated rings. The summed E-state index contributed by atoms with van der Waals surface area (Å²) in [5.41, 5.74) is 0. The van der Waals surface area contributed by atoms with Gasteiger partial charge < -0.3 is 25.5 Å². The molecule has 0 aromatic heterocycles. The highest BCUT2D eigenvalue weighted by molar-refractivity contribution is 5.10. The first-order valence-corrected chi connectivity index (χ1v) is 5.15. The molecule has 0 aliphatic carbocycles. The predicted molar refractivity (Wildman–Crippen MR) is 50.0 cm³/mol. The van der Waals surface area contributed by atoms with E-state index in [0.717, 1.165) is 0 Å². The van der Waals surface area contributed by atoms with Gasteiger partial charge in [-0.25, -0.2) is 0 Å². The second-order valence-corrected chi connectivity index (χ2v) is 4.31. The van der Waals surface area contributed by atoms with Gasteiger partial charge in [0.1, 0.15) is 0 Å². The molecule has 2 aliphatic heterocycles. The molecule has 15 heavy (non-hydrogen) atoms. The number of aliphatic hydroxyl groups excluding tert-OH is 5. The van der Waals surface area contributed by atoms with E-state index in [1.165, 1.54) is 0 Å². The third-order valence-corrected chi connectivity index (χ3v) is 3.55. The van der Waals surface area contributed by atoms with Crippen molar-refractivity contribution in [3.8, 4) is 0 Å². The summed E-state index contributed by atoms with van der Waals surface area (Å²) in [5, 5.41) is 47.3. The fraction of sp³-hybridized carbons (Fsp3) is 1.00. The minimum atomic E-state index is -1.07. The minimum Gasteiger partial charge on any atom is -0.395 e. The topological polar surface area (TPSA) is 104 Å². The molecule has 0 spiro atoms. The maximum atomic E-state index is 9.71. The molecule has 6 heteroatoms. The Morgan fingerprint density at radius 2 is 1.67 bits per heavy atom. The molecule has 2 saturated heterocycles. The van der Waals surface area contributed by atoms with Gasteiger partial charge in [-0.05, 0) is 6.42 Å². The number of hydrogen-bond donors (Lipinski definition) is 5. The Morgan fingerprint density at radius 3 is 2.20 bits per heavy atom. The number of fused-ring (bicyclic) bond motifs is 1. The summed E-state index contributed by atoms with van der Waals surface area (Å²) in [4.78, 5) is 1.64. The molecule has 0 radical (unpaired) electrons. The van der Waals surface area contributed by atoms with Crippen molar-refractivity contribution in [3.05, 3.63) is 0 Å². The summed E-state index contributed by atoms with van der Waals surface area (Å²) in [6.45, 7) is -0.443. The molecule has 6 nitrogen and oxygen atoms in total. The van der Waals surface area contributed by atoms with Crippen LogP contribution in [0.15, 0.2) is 0 Å². The van der Waals surface area contributed by atoms with Gasteiger partial charge in [-0.1, -0.05) is 0 Å². The number of hydrogen-bond acceptors (Lipinski definition) is 6. The first-order chi connectivity index (χ1) is 7.11. The van der Waals surface area contributed by atoms with Crippen LogP contribution in [0.3, 0.4) is 0 Å². The van der Waals surface area contributed by atoms with Crippen molar-refractivity contribution in [1.82, 2.24) is 4.90 Å². The second-order valence-electron chi connectivity index (χ2n) is 4.31. The summed E-state index contributed by atoms with van der Waals surface area (Å²) in [7, 11) is 0. The predicted octanol–water partition coefficient (Wildman–Crippen LogP) is -3.12. The van der Waals surface area contributed by atoms with E-state index in [2.05, 4.69) is 0 Å². The monoisotopic (exact) mass is 219 g/mol. The average molecular weight is 219 g/mol. The third-order valence-electron chi connectivity index (χ3n) is 3.55. The van der Waals surface area contributed by atoms with Crippen molar-refractivity contribution in [3.63, 3.8) is 0 Å². The quantitative estimate of drug-likeness (QED) is 0.336. The Balaban J connectivity index is 2.24. The van der Waals surface area contributed by atoms with Gasteiger partial charge in [0.2, 0.25) is 0 Å². The van der Waals surface area contributed by atoms with Crippen LogP contribution in [0.5, 0.6) is 0 Å². The Labute approximate surface area is 87.4 Å². The van der Waals surface area contributed by atoms with E-state index in [-0.39, 0.29) is 19.3 Å². The molecule has 6 atom stereocenters. The van der Waals surface area contributed by atoms with Gasteiger partial charge in [0.15, 0.2) is 0 Å². The van der Waals surface area contributed by atoms with E-state index in [1.54, 1.807) is 4.90 Å². The molecule has 5 N–H and O–H groups in total. The molecule has 0 amide bonds. The van der Waals surface area contributed by atoms with Crippen LogP contribution in [0.25, 0.3) is 0 Å². The Hall–Kier alpha value is -0.240. The molecule has 0 aromatic carbocycles. The van der Waals surface area contributed by atoms with Crippen LogP contribution in [0.4, 0.5) is 0 Å². The first kappa shape index (κ1) is 11.3. The Kier molecular flexibility index (Phi) is 2.98. The highest BCUT2D eigenvalue weighted by Crippen LogP contribution is 2.37. The van der Waals surface area contributed by atoms with Crippen LogP contribution in [-0.2, 0) is 0 Å². The van der Waals surface area contributed by atoms with Crippen molar-refractivity contribution in [2.24, 2.45) is 0 Å². The summed E-state index contributed by atoms with van der Waals surface area (Å²) >= 11 is 0. The van der Waals surface area contributed by atoms with E-state index < -0.39 is 30.4 Å². The van der Waals surface area contributed by atoms with E-state index in [0.29, 0.717) is 6.42 Å². The van der Waals surface area contributed by atoms with Crippen LogP contribution in [0.2, 0.25) is 0 Å². The van der Waals surface area contributed by atoms with Gasteiger partial charge in [0.05, 0.1) is 43.6 Å². The van der Waals surface area contributed by atoms with E-state index in [9.17, 15) is 15.3 Å². The van der Waals surface area contributed by atoms with Gasteiger partial charge >= 0.3 is 0 Å². The third kappa shape index (κ3) is 1.49. The molecule has 88 valence electrons. The lowest BCUT2D eigenvalue weighted by Gasteiger charge is -2.28. The highest BCUT2D eigenvalue weighted by atomic mass is 16.3. The lowest BCUT2D eigenvalue weighted by molar-refractivity contribution is -0.00253. The smallest absolute Gasteiger partial charge is 0.0995 e. The van der Waals surface area contributed by atoms with Gasteiger partial charge in [-0.3, -0.25) is 4.90 Å². The van der Waals surface area contributed by atoms with Crippen molar-refractivity contribution >= 4 is 0 Å². The van der Waals surface area contributed by atoms with Crippen LogP contribution in [-0.4, -0.2) is 80.1 Å². The summed E-state index contributed by atoms with van der Waals surface area (Å²) in [6.07, 6.45) is -2.53.